The zero-order valence-corrected chi connectivity index (χ0v) is 10.3. The van der Waals surface area contributed by atoms with Gasteiger partial charge >= 0.3 is 13.6 Å². The van der Waals surface area contributed by atoms with Crippen LogP contribution in [0.3, 0.4) is 0 Å². The molecule has 0 fully saturated rings. The minimum atomic E-state index is -4.61. The van der Waals surface area contributed by atoms with Gasteiger partial charge in [-0.2, -0.15) is 0 Å². The predicted molar refractivity (Wildman–Crippen MR) is 56.0 cm³/mol. The normalized spacial score (nSPS) is 15.2. The van der Waals surface area contributed by atoms with E-state index in [1.807, 2.05) is 5.32 Å². The molecule has 2 atom stereocenters. The summed E-state index contributed by atoms with van der Waals surface area (Å²) in [5.41, 5.74) is 0. The first kappa shape index (κ1) is 15.3. The minimum absolute atomic E-state index is 0.642. The van der Waals surface area contributed by atoms with Gasteiger partial charge in [-0.15, -0.1) is 0 Å². The Kier molecular flexibility index (Phi) is 5.89. The van der Waals surface area contributed by atoms with Crippen LogP contribution in [0.25, 0.3) is 0 Å². The van der Waals surface area contributed by atoms with Crippen LogP contribution in [0, 0.1) is 0 Å². The summed E-state index contributed by atoms with van der Waals surface area (Å²) in [6.07, 6.45) is -0.647. The van der Waals surface area contributed by atoms with E-state index in [0.29, 0.717) is 0 Å². The van der Waals surface area contributed by atoms with E-state index in [-0.39, 0.29) is 0 Å². The van der Waals surface area contributed by atoms with Crippen LogP contribution >= 0.6 is 15.4 Å². The lowest BCUT2D eigenvalue weighted by molar-refractivity contribution is -0.137. The first-order chi connectivity index (χ1) is 7.14. The molecule has 0 bridgehead atoms. The maximum atomic E-state index is 11.1. The summed E-state index contributed by atoms with van der Waals surface area (Å²) in [4.78, 5) is 38.8. The van der Waals surface area contributed by atoms with Gasteiger partial charge in [-0.25, -0.2) is 0 Å². The molecule has 0 aliphatic rings. The summed E-state index contributed by atoms with van der Waals surface area (Å²) in [5, 5.41) is 8.64. The monoisotopic (exact) mass is 273 g/mol. The largest absolute Gasteiger partial charge is 0.480 e. The van der Waals surface area contributed by atoms with Gasteiger partial charge in [0.25, 0.3) is 0 Å². The zero-order chi connectivity index (χ0) is 12.9. The molecule has 8 nitrogen and oxygen atoms in total. The molecule has 0 saturated carbocycles. The third-order valence-electron chi connectivity index (χ3n) is 1.69. The Bertz CT molecular complexity index is 349. The number of aliphatic carboxylic acids is 1. The number of carboxylic acid groups (broad SMARTS) is 1. The highest BCUT2D eigenvalue weighted by Crippen LogP contribution is 2.53. The minimum Gasteiger partial charge on any atom is -0.480 e. The molecular formula is C6H13NO7P2. The molecule has 0 rings (SSSR count). The highest BCUT2D eigenvalue weighted by Gasteiger charge is 2.33. The fourth-order valence-corrected chi connectivity index (χ4v) is 3.69. The number of rotatable bonds is 6. The van der Waals surface area contributed by atoms with Crippen molar-refractivity contribution < 1.29 is 33.6 Å². The summed E-state index contributed by atoms with van der Waals surface area (Å²) < 4.78 is 21.9. The summed E-state index contributed by atoms with van der Waals surface area (Å²) in [6, 6.07) is 0. The van der Waals surface area contributed by atoms with Crippen molar-refractivity contribution in [3.8, 4) is 0 Å². The molecule has 0 aliphatic heterocycles. The molecule has 2 unspecified atom stereocenters. The number of hydrogen-bond acceptors (Lipinski definition) is 4. The highest BCUT2D eigenvalue weighted by molar-refractivity contribution is 7.67. The number of carbonyl (C=O) groups is 2. The molecule has 0 radical (unpaired) electrons. The van der Waals surface area contributed by atoms with Crippen molar-refractivity contribution >= 4 is 27.3 Å². The van der Waals surface area contributed by atoms with Crippen molar-refractivity contribution in [1.29, 1.82) is 0 Å². The summed E-state index contributed by atoms with van der Waals surface area (Å²) in [6.45, 7) is 0.496. The van der Waals surface area contributed by atoms with Crippen molar-refractivity contribution in [1.82, 2.24) is 5.32 Å². The topological polar surface area (TPSA) is 141 Å². The van der Waals surface area contributed by atoms with Crippen molar-refractivity contribution in [2.75, 3.05) is 13.2 Å². The van der Waals surface area contributed by atoms with Crippen molar-refractivity contribution in [2.45, 2.75) is 11.8 Å². The molecule has 0 aromatic heterocycles. The van der Waals surface area contributed by atoms with Crippen molar-refractivity contribution in [3.63, 3.8) is 0 Å². The van der Waals surface area contributed by atoms with E-state index in [0.717, 1.165) is 6.66 Å². The van der Waals surface area contributed by atoms with Crippen LogP contribution in [0.1, 0.15) is 6.42 Å². The van der Waals surface area contributed by atoms with E-state index in [9.17, 15) is 18.7 Å². The Morgan fingerprint density at radius 1 is 1.44 bits per heavy atom. The molecule has 0 saturated heterocycles. The van der Waals surface area contributed by atoms with Crippen molar-refractivity contribution in [2.24, 2.45) is 0 Å². The Balaban J connectivity index is 4.43. The van der Waals surface area contributed by atoms with E-state index < -0.39 is 45.6 Å². The van der Waals surface area contributed by atoms with Gasteiger partial charge in [0.05, 0.1) is 7.80 Å². The molecule has 0 heterocycles. The van der Waals surface area contributed by atoms with Crippen LogP contribution in [0.15, 0.2) is 0 Å². The standard InChI is InChI=1S/C6H13NO7P2/c1-15(11)6(16(12,13)14)2-4(8)7-3-5(9)10/h6,15H,2-3H2,1H3,(H,7,8)(H,9,10)(H2,12,13,14). The van der Waals surface area contributed by atoms with Gasteiger partial charge in [-0.1, -0.05) is 0 Å². The van der Waals surface area contributed by atoms with E-state index >= 15 is 0 Å². The second-order valence-electron chi connectivity index (χ2n) is 3.09. The lowest BCUT2D eigenvalue weighted by Gasteiger charge is -2.15. The molecule has 16 heavy (non-hydrogen) atoms. The number of hydrogen-bond donors (Lipinski definition) is 4. The fourth-order valence-electron chi connectivity index (χ4n) is 0.921. The Hall–Kier alpha value is -0.680. The molecule has 1 amide bonds. The lowest BCUT2D eigenvalue weighted by Crippen LogP contribution is -2.31. The predicted octanol–water partition coefficient (Wildman–Crippen LogP) is -0.729. The van der Waals surface area contributed by atoms with Crippen LogP contribution < -0.4 is 5.32 Å². The zero-order valence-electron chi connectivity index (χ0n) is 8.41. The summed E-state index contributed by atoms with van der Waals surface area (Å²) >= 11 is 0. The van der Waals surface area contributed by atoms with E-state index in [2.05, 4.69) is 0 Å². The molecule has 94 valence electrons. The lowest BCUT2D eigenvalue weighted by atomic mass is 10.4. The second-order valence-corrected chi connectivity index (χ2v) is 7.30. The van der Waals surface area contributed by atoms with Crippen LogP contribution in [0.5, 0.6) is 0 Å². The van der Waals surface area contributed by atoms with E-state index in [1.165, 1.54) is 0 Å². The molecule has 0 aromatic carbocycles. The van der Waals surface area contributed by atoms with Gasteiger partial charge < -0.3 is 24.8 Å². The van der Waals surface area contributed by atoms with Gasteiger partial charge in [0.1, 0.15) is 11.9 Å². The van der Waals surface area contributed by atoms with Crippen LogP contribution in [0.2, 0.25) is 0 Å². The van der Waals surface area contributed by atoms with E-state index in [1.54, 1.807) is 0 Å². The average Bonchev–Trinajstić information content (AvgIpc) is 2.08. The Labute approximate surface area is 92.0 Å². The molecule has 0 aliphatic carbocycles. The first-order valence-corrected chi connectivity index (χ1v) is 7.85. The van der Waals surface area contributed by atoms with Crippen LogP contribution in [-0.4, -0.2) is 45.4 Å². The third-order valence-corrected chi connectivity index (χ3v) is 5.93. The van der Waals surface area contributed by atoms with E-state index in [4.69, 9.17) is 14.9 Å². The van der Waals surface area contributed by atoms with Gasteiger partial charge in [-0.05, 0) is 6.66 Å². The summed E-state index contributed by atoms with van der Waals surface area (Å²) in [5.74, 6) is -2.12. The second kappa shape index (κ2) is 6.15. The Morgan fingerprint density at radius 2 is 1.94 bits per heavy atom. The van der Waals surface area contributed by atoms with Gasteiger partial charge in [0.2, 0.25) is 5.91 Å². The summed E-state index contributed by atoms with van der Waals surface area (Å²) in [7, 11) is -7.19. The van der Waals surface area contributed by atoms with Crippen LogP contribution in [0.4, 0.5) is 0 Å². The molecule has 10 heteroatoms. The third kappa shape index (κ3) is 6.02. The number of nitrogens with one attached hydrogen (secondary N) is 1. The molecule has 0 aromatic rings. The average molecular weight is 273 g/mol. The highest BCUT2D eigenvalue weighted by atomic mass is 31.2. The number of carboxylic acids is 1. The Morgan fingerprint density at radius 3 is 2.25 bits per heavy atom. The fraction of sp³-hybridized carbons (Fsp3) is 0.667. The number of amides is 1. The maximum Gasteiger partial charge on any atom is 0.336 e. The molecule has 4 N–H and O–H groups in total. The number of carbonyl (C=O) groups excluding carboxylic acids is 1. The maximum absolute atomic E-state index is 11.1. The SMILES string of the molecule is C[PH](=O)C(CC(=O)NCC(=O)O)P(=O)(O)O. The van der Waals surface area contributed by atoms with Gasteiger partial charge in [0.15, 0.2) is 0 Å². The molecule has 0 spiro atoms. The molecular weight excluding hydrogens is 260 g/mol. The van der Waals surface area contributed by atoms with Gasteiger partial charge in [0, 0.05) is 6.42 Å². The van der Waals surface area contributed by atoms with Gasteiger partial charge in [-0.3, -0.25) is 14.2 Å². The van der Waals surface area contributed by atoms with Crippen molar-refractivity contribution in [3.05, 3.63) is 0 Å². The van der Waals surface area contributed by atoms with Crippen LogP contribution in [-0.2, 0) is 18.7 Å². The quantitative estimate of drug-likeness (QED) is 0.467. The first-order valence-electron chi connectivity index (χ1n) is 4.18. The smallest absolute Gasteiger partial charge is 0.336 e.